The fraction of sp³-hybridized carbons (Fsp3) is 0.182. The van der Waals surface area contributed by atoms with Crippen LogP contribution < -0.4 is 10.6 Å². The molecule has 2 atom stereocenters. The highest BCUT2D eigenvalue weighted by Gasteiger charge is 2.45. The largest absolute Gasteiger partial charge is 0.468 e. The minimum Gasteiger partial charge on any atom is -0.468 e. The summed E-state index contributed by atoms with van der Waals surface area (Å²) in [4.78, 5) is 37.6. The first kappa shape index (κ1) is 23.7. The van der Waals surface area contributed by atoms with Crippen LogP contribution in [0, 0.1) is 17.2 Å². The van der Waals surface area contributed by atoms with Gasteiger partial charge in [0.05, 0.1) is 29.5 Å². The number of thioether (sulfide) groups is 1. The van der Waals surface area contributed by atoms with Crippen LogP contribution in [0.1, 0.15) is 11.5 Å². The second kappa shape index (κ2) is 10.6. The molecule has 1 heterocycles. The van der Waals surface area contributed by atoms with Gasteiger partial charge in [-0.05, 0) is 29.8 Å². The summed E-state index contributed by atoms with van der Waals surface area (Å²) in [6, 6.07) is 15.4. The molecule has 0 saturated heterocycles. The molecule has 0 radical (unpaired) electrons. The average Bonchev–Trinajstić information content (AvgIpc) is 2.77. The molecule has 0 unspecified atom stereocenters. The van der Waals surface area contributed by atoms with Gasteiger partial charge in [0.25, 0.3) is 0 Å². The molecule has 0 saturated carbocycles. The van der Waals surface area contributed by atoms with Crippen molar-refractivity contribution in [3.8, 4) is 6.07 Å². The fourth-order valence-electron chi connectivity index (χ4n) is 3.28. The van der Waals surface area contributed by atoms with E-state index in [1.165, 1.54) is 7.11 Å². The van der Waals surface area contributed by atoms with Crippen molar-refractivity contribution in [2.24, 2.45) is 5.92 Å². The third-order valence-corrected chi connectivity index (χ3v) is 6.28. The standard InChI is InChI=1S/C22H17Cl2N3O4S/c1-31-22(30)19-18(14-7-2-3-8-16(14)24)15(10-25)21(27-20(19)29)32-11-17(28)26-13-6-4-5-12(23)9-13/h2-9,18-19H,11H2,1H3,(H,26,28)(H,27,29)/t18-,19-/m1/s1. The topological polar surface area (TPSA) is 108 Å². The molecule has 0 spiro atoms. The van der Waals surface area contributed by atoms with Crippen molar-refractivity contribution in [2.75, 3.05) is 18.2 Å². The molecule has 0 aromatic heterocycles. The monoisotopic (exact) mass is 489 g/mol. The van der Waals surface area contributed by atoms with Crippen molar-refractivity contribution in [1.29, 1.82) is 5.26 Å². The van der Waals surface area contributed by atoms with Crippen molar-refractivity contribution < 1.29 is 19.1 Å². The molecule has 3 rings (SSSR count). The SMILES string of the molecule is COC(=O)[C@H]1C(=O)NC(SCC(=O)Nc2cccc(Cl)c2)=C(C#N)[C@H]1c1ccccc1Cl. The number of amides is 2. The van der Waals surface area contributed by atoms with Crippen LogP contribution in [0.5, 0.6) is 0 Å². The molecule has 2 N–H and O–H groups in total. The lowest BCUT2D eigenvalue weighted by atomic mass is 9.78. The number of rotatable bonds is 6. The minimum absolute atomic E-state index is 0.0918. The number of nitrogens with zero attached hydrogens (tertiary/aromatic N) is 1. The van der Waals surface area contributed by atoms with Crippen molar-refractivity contribution >= 4 is 58.4 Å². The van der Waals surface area contributed by atoms with E-state index in [2.05, 4.69) is 16.7 Å². The summed E-state index contributed by atoms with van der Waals surface area (Å²) in [5, 5.41) is 16.1. The van der Waals surface area contributed by atoms with Gasteiger partial charge in [-0.3, -0.25) is 14.4 Å². The maximum atomic E-state index is 12.8. The van der Waals surface area contributed by atoms with E-state index in [1.807, 2.05) is 0 Å². The molecule has 1 aliphatic heterocycles. The summed E-state index contributed by atoms with van der Waals surface area (Å²) in [5.41, 5.74) is 1.08. The lowest BCUT2D eigenvalue weighted by Gasteiger charge is -2.31. The molecule has 2 aromatic rings. The predicted octanol–water partition coefficient (Wildman–Crippen LogP) is 4.10. The Morgan fingerprint density at radius 3 is 2.62 bits per heavy atom. The Morgan fingerprint density at radius 2 is 1.97 bits per heavy atom. The van der Waals surface area contributed by atoms with E-state index in [4.69, 9.17) is 27.9 Å². The van der Waals surface area contributed by atoms with E-state index >= 15 is 0 Å². The van der Waals surface area contributed by atoms with Crippen LogP contribution in [0.3, 0.4) is 0 Å². The smallest absolute Gasteiger partial charge is 0.319 e. The van der Waals surface area contributed by atoms with Crippen LogP contribution in [-0.2, 0) is 19.1 Å². The molecule has 32 heavy (non-hydrogen) atoms. The van der Waals surface area contributed by atoms with Gasteiger partial charge in [-0.15, -0.1) is 0 Å². The number of nitriles is 1. The zero-order valence-electron chi connectivity index (χ0n) is 16.7. The maximum absolute atomic E-state index is 12.8. The Balaban J connectivity index is 1.91. The number of ether oxygens (including phenoxy) is 1. The molecule has 10 heteroatoms. The molecule has 0 fully saturated rings. The number of methoxy groups -OCH3 is 1. The summed E-state index contributed by atoms with van der Waals surface area (Å²) in [5.74, 6) is -4.12. The molecule has 1 aliphatic rings. The lowest BCUT2D eigenvalue weighted by Crippen LogP contribution is -2.44. The molecule has 0 bridgehead atoms. The van der Waals surface area contributed by atoms with Crippen LogP contribution in [0.4, 0.5) is 5.69 Å². The van der Waals surface area contributed by atoms with Gasteiger partial charge < -0.3 is 15.4 Å². The number of benzene rings is 2. The maximum Gasteiger partial charge on any atom is 0.319 e. The summed E-state index contributed by atoms with van der Waals surface area (Å²) in [6.45, 7) is 0. The van der Waals surface area contributed by atoms with E-state index in [1.54, 1.807) is 48.5 Å². The number of allylic oxidation sites excluding steroid dienone is 1. The number of hydrogen-bond donors (Lipinski definition) is 2. The van der Waals surface area contributed by atoms with E-state index in [9.17, 15) is 19.6 Å². The number of anilines is 1. The second-order valence-corrected chi connectivity index (χ2v) is 8.52. The number of hydrogen-bond acceptors (Lipinski definition) is 6. The van der Waals surface area contributed by atoms with Crippen molar-refractivity contribution in [3.63, 3.8) is 0 Å². The number of halogens is 2. The minimum atomic E-state index is -1.29. The van der Waals surface area contributed by atoms with Crippen LogP contribution in [-0.4, -0.2) is 30.6 Å². The number of carbonyl (C=O) groups excluding carboxylic acids is 3. The first-order chi connectivity index (χ1) is 15.3. The molecule has 2 amide bonds. The first-order valence-corrected chi connectivity index (χ1v) is 11.1. The van der Waals surface area contributed by atoms with Gasteiger partial charge >= 0.3 is 5.97 Å². The number of esters is 1. The number of nitrogens with one attached hydrogen (secondary N) is 2. The van der Waals surface area contributed by atoms with E-state index in [-0.39, 0.29) is 22.3 Å². The Hall–Kier alpha value is -2.99. The van der Waals surface area contributed by atoms with Crippen molar-refractivity contribution in [3.05, 3.63) is 74.7 Å². The van der Waals surface area contributed by atoms with Crippen molar-refractivity contribution in [2.45, 2.75) is 5.92 Å². The number of carbonyl (C=O) groups is 3. The highest BCUT2D eigenvalue weighted by atomic mass is 35.5. The predicted molar refractivity (Wildman–Crippen MR) is 123 cm³/mol. The molecule has 2 aromatic carbocycles. The van der Waals surface area contributed by atoms with Gasteiger partial charge in [0, 0.05) is 21.7 Å². The lowest BCUT2D eigenvalue weighted by molar-refractivity contribution is -0.150. The average molecular weight is 490 g/mol. The van der Waals surface area contributed by atoms with E-state index in [0.717, 1.165) is 11.8 Å². The van der Waals surface area contributed by atoms with Gasteiger partial charge in [0.2, 0.25) is 11.8 Å². The van der Waals surface area contributed by atoms with E-state index in [0.29, 0.717) is 21.3 Å². The summed E-state index contributed by atoms with van der Waals surface area (Å²) < 4.78 is 4.80. The molecular formula is C22H17Cl2N3O4S. The van der Waals surface area contributed by atoms with Gasteiger partial charge in [-0.2, -0.15) is 5.26 Å². The zero-order valence-corrected chi connectivity index (χ0v) is 19.1. The summed E-state index contributed by atoms with van der Waals surface area (Å²) in [7, 11) is 1.17. The molecule has 0 aliphatic carbocycles. The summed E-state index contributed by atoms with van der Waals surface area (Å²) >= 11 is 13.2. The highest BCUT2D eigenvalue weighted by Crippen LogP contribution is 2.42. The Bertz CT molecular complexity index is 1150. The van der Waals surface area contributed by atoms with Gasteiger partial charge in [0.1, 0.15) is 5.92 Å². The molecule has 164 valence electrons. The van der Waals surface area contributed by atoms with Crippen molar-refractivity contribution in [1.82, 2.24) is 5.32 Å². The van der Waals surface area contributed by atoms with Crippen LogP contribution in [0.2, 0.25) is 10.0 Å². The highest BCUT2D eigenvalue weighted by molar-refractivity contribution is 8.03. The Kier molecular flexibility index (Phi) is 7.80. The fourth-order valence-corrected chi connectivity index (χ4v) is 4.58. The molecule has 7 nitrogen and oxygen atoms in total. The summed E-state index contributed by atoms with van der Waals surface area (Å²) in [6.07, 6.45) is 0. The second-order valence-electron chi connectivity index (χ2n) is 6.69. The van der Waals surface area contributed by atoms with Crippen LogP contribution in [0.15, 0.2) is 59.1 Å². The first-order valence-electron chi connectivity index (χ1n) is 9.31. The quantitative estimate of drug-likeness (QED) is 0.466. The van der Waals surface area contributed by atoms with Gasteiger partial charge in [0.15, 0.2) is 0 Å². The van der Waals surface area contributed by atoms with Crippen LogP contribution >= 0.6 is 35.0 Å². The normalized spacial score (nSPS) is 17.9. The Morgan fingerprint density at radius 1 is 1.22 bits per heavy atom. The molecular weight excluding hydrogens is 473 g/mol. The van der Waals surface area contributed by atoms with Gasteiger partial charge in [-0.1, -0.05) is 59.2 Å². The van der Waals surface area contributed by atoms with E-state index < -0.39 is 23.7 Å². The van der Waals surface area contributed by atoms with Crippen LogP contribution in [0.25, 0.3) is 0 Å². The zero-order chi connectivity index (χ0) is 23.3. The third kappa shape index (κ3) is 5.25. The third-order valence-electron chi connectivity index (χ3n) is 4.68. The Labute approximate surface area is 198 Å². The van der Waals surface area contributed by atoms with Gasteiger partial charge in [-0.25, -0.2) is 0 Å².